The lowest BCUT2D eigenvalue weighted by atomic mass is 9.89. The van der Waals surface area contributed by atoms with Crippen molar-refractivity contribution in [1.29, 1.82) is 0 Å². The van der Waals surface area contributed by atoms with Gasteiger partial charge in [0.15, 0.2) is 0 Å². The second-order valence-electron chi connectivity index (χ2n) is 5.65. The Morgan fingerprint density at radius 2 is 1.90 bits per heavy atom. The fourth-order valence-electron chi connectivity index (χ4n) is 2.93. The SMILES string of the molecule is CCCNC(c1cncc2ccccc12)C(C)CCC. The van der Waals surface area contributed by atoms with E-state index in [1.54, 1.807) is 0 Å². The zero-order valence-corrected chi connectivity index (χ0v) is 12.9. The number of pyridine rings is 1. The van der Waals surface area contributed by atoms with Crippen LogP contribution in [0.1, 0.15) is 51.6 Å². The van der Waals surface area contributed by atoms with Crippen LogP contribution in [0.2, 0.25) is 0 Å². The van der Waals surface area contributed by atoms with Crippen molar-refractivity contribution in [2.45, 2.75) is 46.1 Å². The average molecular weight is 270 g/mol. The molecule has 2 aromatic rings. The van der Waals surface area contributed by atoms with Crippen LogP contribution in [0.25, 0.3) is 10.8 Å². The van der Waals surface area contributed by atoms with Gasteiger partial charge in [-0.1, -0.05) is 51.5 Å². The monoisotopic (exact) mass is 270 g/mol. The first kappa shape index (κ1) is 15.0. The predicted molar refractivity (Wildman–Crippen MR) is 86.8 cm³/mol. The molecule has 2 heteroatoms. The van der Waals surface area contributed by atoms with Crippen LogP contribution in [0.4, 0.5) is 0 Å². The Labute approximate surface area is 122 Å². The predicted octanol–water partition coefficient (Wildman–Crippen LogP) is 4.71. The molecule has 0 bridgehead atoms. The molecule has 0 aliphatic carbocycles. The molecule has 0 fully saturated rings. The molecule has 1 N–H and O–H groups in total. The minimum Gasteiger partial charge on any atom is -0.310 e. The van der Waals surface area contributed by atoms with Gasteiger partial charge in [0.1, 0.15) is 0 Å². The van der Waals surface area contributed by atoms with Gasteiger partial charge in [-0.05, 0) is 36.3 Å². The van der Waals surface area contributed by atoms with Crippen molar-refractivity contribution in [3.8, 4) is 0 Å². The summed E-state index contributed by atoms with van der Waals surface area (Å²) >= 11 is 0. The molecule has 0 spiro atoms. The fraction of sp³-hybridized carbons (Fsp3) is 0.500. The number of benzene rings is 1. The maximum absolute atomic E-state index is 4.44. The van der Waals surface area contributed by atoms with E-state index in [1.165, 1.54) is 29.2 Å². The molecule has 2 rings (SSSR count). The second kappa shape index (κ2) is 7.39. The van der Waals surface area contributed by atoms with Crippen LogP contribution < -0.4 is 5.32 Å². The third-order valence-corrected chi connectivity index (χ3v) is 3.96. The first-order valence-corrected chi connectivity index (χ1v) is 7.84. The maximum Gasteiger partial charge on any atom is 0.0367 e. The Morgan fingerprint density at radius 1 is 1.10 bits per heavy atom. The summed E-state index contributed by atoms with van der Waals surface area (Å²) in [4.78, 5) is 4.44. The van der Waals surface area contributed by atoms with Crippen LogP contribution in [0.15, 0.2) is 36.7 Å². The number of hydrogen-bond acceptors (Lipinski definition) is 2. The number of nitrogens with one attached hydrogen (secondary N) is 1. The molecule has 0 saturated heterocycles. The zero-order valence-electron chi connectivity index (χ0n) is 12.9. The average Bonchev–Trinajstić information content (AvgIpc) is 2.48. The summed E-state index contributed by atoms with van der Waals surface area (Å²) in [5.41, 5.74) is 1.34. The molecule has 0 aliphatic heterocycles. The molecular weight excluding hydrogens is 244 g/mol. The van der Waals surface area contributed by atoms with Crippen LogP contribution in [-0.2, 0) is 0 Å². The lowest BCUT2D eigenvalue weighted by Gasteiger charge is -2.26. The Balaban J connectivity index is 2.39. The van der Waals surface area contributed by atoms with Gasteiger partial charge in [0, 0.05) is 23.8 Å². The number of hydrogen-bond donors (Lipinski definition) is 1. The molecule has 2 atom stereocenters. The molecule has 0 radical (unpaired) electrons. The highest BCUT2D eigenvalue weighted by Crippen LogP contribution is 2.30. The van der Waals surface area contributed by atoms with Gasteiger partial charge in [-0.2, -0.15) is 0 Å². The Kier molecular flexibility index (Phi) is 5.54. The van der Waals surface area contributed by atoms with E-state index >= 15 is 0 Å². The molecule has 20 heavy (non-hydrogen) atoms. The molecule has 1 aromatic heterocycles. The number of aromatic nitrogens is 1. The van der Waals surface area contributed by atoms with Crippen molar-refractivity contribution in [3.05, 3.63) is 42.2 Å². The van der Waals surface area contributed by atoms with Gasteiger partial charge in [0.2, 0.25) is 0 Å². The van der Waals surface area contributed by atoms with Gasteiger partial charge >= 0.3 is 0 Å². The van der Waals surface area contributed by atoms with Gasteiger partial charge in [-0.3, -0.25) is 4.98 Å². The van der Waals surface area contributed by atoms with E-state index in [1.807, 2.05) is 12.4 Å². The molecule has 1 aromatic carbocycles. The molecule has 0 aliphatic rings. The highest BCUT2D eigenvalue weighted by molar-refractivity contribution is 5.85. The van der Waals surface area contributed by atoms with Crippen molar-refractivity contribution in [3.63, 3.8) is 0 Å². The Hall–Kier alpha value is -1.41. The highest BCUT2D eigenvalue weighted by Gasteiger charge is 2.20. The lowest BCUT2D eigenvalue weighted by Crippen LogP contribution is -2.28. The van der Waals surface area contributed by atoms with E-state index in [0.717, 1.165) is 13.0 Å². The van der Waals surface area contributed by atoms with E-state index in [4.69, 9.17) is 0 Å². The lowest BCUT2D eigenvalue weighted by molar-refractivity contribution is 0.364. The summed E-state index contributed by atoms with van der Waals surface area (Å²) in [6, 6.07) is 8.96. The van der Waals surface area contributed by atoms with Crippen molar-refractivity contribution in [1.82, 2.24) is 10.3 Å². The van der Waals surface area contributed by atoms with Crippen LogP contribution in [0, 0.1) is 5.92 Å². The van der Waals surface area contributed by atoms with Crippen molar-refractivity contribution in [2.75, 3.05) is 6.54 Å². The van der Waals surface area contributed by atoms with Gasteiger partial charge < -0.3 is 5.32 Å². The number of fused-ring (bicyclic) bond motifs is 1. The van der Waals surface area contributed by atoms with E-state index in [-0.39, 0.29) is 0 Å². The summed E-state index contributed by atoms with van der Waals surface area (Å²) in [5, 5.41) is 6.29. The summed E-state index contributed by atoms with van der Waals surface area (Å²) < 4.78 is 0. The smallest absolute Gasteiger partial charge is 0.0367 e. The summed E-state index contributed by atoms with van der Waals surface area (Å²) in [6.07, 6.45) is 7.63. The van der Waals surface area contributed by atoms with E-state index < -0.39 is 0 Å². The Bertz CT molecular complexity index is 530. The van der Waals surface area contributed by atoms with E-state index in [9.17, 15) is 0 Å². The first-order valence-electron chi connectivity index (χ1n) is 7.84. The fourth-order valence-corrected chi connectivity index (χ4v) is 2.93. The first-order chi connectivity index (χ1) is 9.77. The molecular formula is C18H26N2. The minimum atomic E-state index is 0.397. The Morgan fingerprint density at radius 3 is 2.65 bits per heavy atom. The van der Waals surface area contributed by atoms with Crippen LogP contribution >= 0.6 is 0 Å². The van der Waals surface area contributed by atoms with Crippen LogP contribution in [0.3, 0.4) is 0 Å². The molecule has 2 nitrogen and oxygen atoms in total. The quantitative estimate of drug-likeness (QED) is 0.788. The minimum absolute atomic E-state index is 0.397. The van der Waals surface area contributed by atoms with Gasteiger partial charge in [0.05, 0.1) is 0 Å². The molecule has 2 unspecified atom stereocenters. The molecule has 0 amide bonds. The normalized spacial score (nSPS) is 14.3. The summed E-state index contributed by atoms with van der Waals surface area (Å²) in [6.45, 7) is 7.88. The topological polar surface area (TPSA) is 24.9 Å². The van der Waals surface area contributed by atoms with E-state index in [0.29, 0.717) is 12.0 Å². The largest absolute Gasteiger partial charge is 0.310 e. The number of rotatable bonds is 7. The van der Waals surface area contributed by atoms with E-state index in [2.05, 4.69) is 55.3 Å². The van der Waals surface area contributed by atoms with Crippen molar-refractivity contribution >= 4 is 10.8 Å². The third kappa shape index (κ3) is 3.37. The van der Waals surface area contributed by atoms with Gasteiger partial charge in [0.25, 0.3) is 0 Å². The van der Waals surface area contributed by atoms with Gasteiger partial charge in [-0.15, -0.1) is 0 Å². The zero-order chi connectivity index (χ0) is 14.4. The van der Waals surface area contributed by atoms with Gasteiger partial charge in [-0.25, -0.2) is 0 Å². The van der Waals surface area contributed by atoms with Crippen molar-refractivity contribution in [2.24, 2.45) is 5.92 Å². The van der Waals surface area contributed by atoms with Crippen LogP contribution in [-0.4, -0.2) is 11.5 Å². The third-order valence-electron chi connectivity index (χ3n) is 3.96. The summed E-state index contributed by atoms with van der Waals surface area (Å²) in [5.74, 6) is 0.624. The van der Waals surface area contributed by atoms with Crippen LogP contribution in [0.5, 0.6) is 0 Å². The molecule has 108 valence electrons. The standard InChI is InChI=1S/C18H26N2/c1-4-8-14(3)18(20-11-5-2)17-13-19-12-15-9-6-7-10-16(15)17/h6-7,9-10,12-14,18,20H,4-5,8,11H2,1-3H3. The number of nitrogens with zero attached hydrogens (tertiary/aromatic N) is 1. The molecule has 1 heterocycles. The molecule has 0 saturated carbocycles. The highest BCUT2D eigenvalue weighted by atomic mass is 14.9. The van der Waals surface area contributed by atoms with Crippen molar-refractivity contribution < 1.29 is 0 Å². The summed E-state index contributed by atoms with van der Waals surface area (Å²) in [7, 11) is 0. The second-order valence-corrected chi connectivity index (χ2v) is 5.65. The maximum atomic E-state index is 4.44.